The fourth-order valence-corrected chi connectivity index (χ4v) is 2.61. The minimum Gasteiger partial charge on any atom is -0.394 e. The topological polar surface area (TPSA) is 102 Å². The zero-order chi connectivity index (χ0) is 15.3. The van der Waals surface area contributed by atoms with Crippen molar-refractivity contribution in [3.8, 4) is 0 Å². The number of hydrogen-bond acceptors (Lipinski definition) is 5. The summed E-state index contributed by atoms with van der Waals surface area (Å²) in [4.78, 5) is -0.738. The summed E-state index contributed by atoms with van der Waals surface area (Å²) in [6.07, 6.45) is -0.753. The van der Waals surface area contributed by atoms with E-state index in [1.54, 1.807) is 0 Å². The van der Waals surface area contributed by atoms with E-state index in [1.165, 1.54) is 7.11 Å². The van der Waals surface area contributed by atoms with Crippen LogP contribution in [0.2, 0.25) is 0 Å². The van der Waals surface area contributed by atoms with Gasteiger partial charge in [-0.15, -0.1) is 0 Å². The zero-order valence-electron chi connectivity index (χ0n) is 10.8. The fourth-order valence-electron chi connectivity index (χ4n) is 1.47. The molecular formula is C11H16F2N2O4S. The number of benzene rings is 1. The lowest BCUT2D eigenvalue weighted by atomic mass is 10.3. The zero-order valence-corrected chi connectivity index (χ0v) is 11.6. The van der Waals surface area contributed by atoms with Crippen LogP contribution in [0.15, 0.2) is 17.0 Å². The minimum absolute atomic E-state index is 0.0551. The van der Waals surface area contributed by atoms with Crippen LogP contribution in [-0.2, 0) is 14.8 Å². The first-order valence-corrected chi connectivity index (χ1v) is 7.18. The van der Waals surface area contributed by atoms with E-state index in [4.69, 9.17) is 5.73 Å². The van der Waals surface area contributed by atoms with Crippen LogP contribution in [0.4, 0.5) is 14.5 Å². The predicted octanol–water partition coefficient (Wildman–Crippen LogP) is 0.223. The lowest BCUT2D eigenvalue weighted by Gasteiger charge is -2.11. The highest BCUT2D eigenvalue weighted by Gasteiger charge is 2.22. The van der Waals surface area contributed by atoms with Gasteiger partial charge in [-0.05, 0) is 18.6 Å². The van der Waals surface area contributed by atoms with Gasteiger partial charge in [0.15, 0.2) is 5.82 Å². The van der Waals surface area contributed by atoms with Crippen molar-refractivity contribution < 1.29 is 27.0 Å². The highest BCUT2D eigenvalue weighted by molar-refractivity contribution is 7.89. The third-order valence-corrected chi connectivity index (χ3v) is 3.99. The fraction of sp³-hybridized carbons (Fsp3) is 0.455. The molecule has 0 fully saturated rings. The molecule has 0 amide bonds. The van der Waals surface area contributed by atoms with E-state index in [-0.39, 0.29) is 19.6 Å². The molecule has 20 heavy (non-hydrogen) atoms. The number of sulfonamides is 1. The Labute approximate surface area is 115 Å². The number of halogens is 2. The Kier molecular flexibility index (Phi) is 5.81. The molecular weight excluding hydrogens is 294 g/mol. The van der Waals surface area contributed by atoms with Gasteiger partial charge in [-0.3, -0.25) is 0 Å². The van der Waals surface area contributed by atoms with E-state index in [2.05, 4.69) is 9.46 Å². The summed E-state index contributed by atoms with van der Waals surface area (Å²) < 4.78 is 57.0. The molecule has 1 unspecified atom stereocenters. The number of hydrogen-bond donors (Lipinski definition) is 3. The molecule has 0 heterocycles. The van der Waals surface area contributed by atoms with E-state index >= 15 is 0 Å². The van der Waals surface area contributed by atoms with Gasteiger partial charge in [0.05, 0.1) is 12.7 Å². The maximum Gasteiger partial charge on any atom is 0.243 e. The molecule has 0 aromatic heterocycles. The SMILES string of the molecule is COCC(O)CCNS(=O)(=O)c1ccc(F)c(N)c1F. The lowest BCUT2D eigenvalue weighted by Crippen LogP contribution is -2.29. The van der Waals surface area contributed by atoms with Gasteiger partial charge in [-0.25, -0.2) is 21.9 Å². The predicted molar refractivity (Wildman–Crippen MR) is 68.5 cm³/mol. The van der Waals surface area contributed by atoms with E-state index < -0.39 is 38.3 Å². The van der Waals surface area contributed by atoms with Gasteiger partial charge < -0.3 is 15.6 Å². The van der Waals surface area contributed by atoms with Crippen LogP contribution in [0.1, 0.15) is 6.42 Å². The maximum absolute atomic E-state index is 13.6. The smallest absolute Gasteiger partial charge is 0.243 e. The van der Waals surface area contributed by atoms with Crippen LogP contribution in [0.5, 0.6) is 0 Å². The Morgan fingerprint density at radius 1 is 1.45 bits per heavy atom. The summed E-state index contributed by atoms with van der Waals surface area (Å²) in [5, 5.41) is 9.35. The van der Waals surface area contributed by atoms with Crippen molar-refractivity contribution in [1.29, 1.82) is 0 Å². The molecule has 0 bridgehead atoms. The van der Waals surface area contributed by atoms with Gasteiger partial charge in [0.2, 0.25) is 10.0 Å². The molecule has 0 spiro atoms. The molecule has 1 aromatic rings. The van der Waals surface area contributed by atoms with Gasteiger partial charge in [-0.2, -0.15) is 0 Å². The Bertz CT molecular complexity index is 566. The van der Waals surface area contributed by atoms with Crippen LogP contribution in [-0.4, -0.2) is 39.9 Å². The number of aliphatic hydroxyl groups is 1. The number of nitrogens with one attached hydrogen (secondary N) is 1. The van der Waals surface area contributed by atoms with Gasteiger partial charge >= 0.3 is 0 Å². The lowest BCUT2D eigenvalue weighted by molar-refractivity contribution is 0.0603. The van der Waals surface area contributed by atoms with Gasteiger partial charge in [-0.1, -0.05) is 0 Å². The van der Waals surface area contributed by atoms with Crippen molar-refractivity contribution in [2.45, 2.75) is 17.4 Å². The van der Waals surface area contributed by atoms with Crippen molar-refractivity contribution in [3.05, 3.63) is 23.8 Å². The molecule has 0 radical (unpaired) electrons. The van der Waals surface area contributed by atoms with Crippen LogP contribution >= 0.6 is 0 Å². The number of methoxy groups -OCH3 is 1. The number of ether oxygens (including phenoxy) is 1. The first-order chi connectivity index (χ1) is 9.29. The third-order valence-electron chi connectivity index (χ3n) is 2.51. The van der Waals surface area contributed by atoms with Crippen LogP contribution in [0.25, 0.3) is 0 Å². The molecule has 1 atom stereocenters. The number of nitrogens with two attached hydrogens (primary N) is 1. The molecule has 0 aliphatic carbocycles. The van der Waals surface area contributed by atoms with Crippen LogP contribution in [0.3, 0.4) is 0 Å². The Morgan fingerprint density at radius 2 is 2.10 bits per heavy atom. The second-order valence-electron chi connectivity index (χ2n) is 4.07. The number of rotatable bonds is 7. The van der Waals surface area contributed by atoms with Crippen molar-refractivity contribution in [2.24, 2.45) is 0 Å². The molecule has 1 rings (SSSR count). The molecule has 0 saturated heterocycles. The average molecular weight is 310 g/mol. The Balaban J connectivity index is 2.77. The molecule has 9 heteroatoms. The summed E-state index contributed by atoms with van der Waals surface area (Å²) in [6, 6.07) is 1.56. The van der Waals surface area contributed by atoms with Gasteiger partial charge in [0.25, 0.3) is 0 Å². The third kappa shape index (κ3) is 4.10. The number of nitrogen functional groups attached to an aromatic ring is 1. The largest absolute Gasteiger partial charge is 0.394 e. The summed E-state index contributed by atoms with van der Waals surface area (Å²) in [5.41, 5.74) is 4.24. The minimum atomic E-state index is -4.16. The standard InChI is InChI=1S/C11H16F2N2O4S/c1-19-6-7(16)4-5-15-20(17,18)9-3-2-8(12)11(14)10(9)13/h2-3,7,15-16H,4-6,14H2,1H3. The molecule has 4 N–H and O–H groups in total. The number of anilines is 1. The van der Waals surface area contributed by atoms with Crippen molar-refractivity contribution in [3.63, 3.8) is 0 Å². The summed E-state index contributed by atoms with van der Waals surface area (Å²) in [5.74, 6) is -2.37. The van der Waals surface area contributed by atoms with E-state index in [0.717, 1.165) is 12.1 Å². The monoisotopic (exact) mass is 310 g/mol. The van der Waals surface area contributed by atoms with Crippen molar-refractivity contribution >= 4 is 15.7 Å². The average Bonchev–Trinajstić information content (AvgIpc) is 2.35. The van der Waals surface area contributed by atoms with E-state index in [0.29, 0.717) is 0 Å². The summed E-state index contributed by atoms with van der Waals surface area (Å²) in [7, 11) is -2.77. The number of aliphatic hydroxyl groups excluding tert-OH is 1. The second kappa shape index (κ2) is 6.93. The normalized spacial score (nSPS) is 13.4. The molecule has 0 aliphatic rings. The Morgan fingerprint density at radius 3 is 2.70 bits per heavy atom. The van der Waals surface area contributed by atoms with Gasteiger partial charge in [0.1, 0.15) is 16.4 Å². The highest BCUT2D eigenvalue weighted by atomic mass is 32.2. The van der Waals surface area contributed by atoms with Crippen LogP contribution < -0.4 is 10.5 Å². The van der Waals surface area contributed by atoms with Crippen molar-refractivity contribution in [1.82, 2.24) is 4.72 Å². The maximum atomic E-state index is 13.6. The Hall–Kier alpha value is -1.29. The molecule has 114 valence electrons. The van der Waals surface area contributed by atoms with Crippen molar-refractivity contribution in [2.75, 3.05) is 26.0 Å². The van der Waals surface area contributed by atoms with E-state index in [1.807, 2.05) is 0 Å². The van der Waals surface area contributed by atoms with E-state index in [9.17, 15) is 22.3 Å². The first-order valence-electron chi connectivity index (χ1n) is 5.69. The summed E-state index contributed by atoms with van der Waals surface area (Å²) in [6.45, 7) is -0.0663. The van der Waals surface area contributed by atoms with Crippen LogP contribution in [0, 0.1) is 11.6 Å². The molecule has 0 aliphatic heterocycles. The molecule has 6 nitrogen and oxygen atoms in total. The highest BCUT2D eigenvalue weighted by Crippen LogP contribution is 2.22. The quantitative estimate of drug-likeness (QED) is 0.626. The molecule has 1 aromatic carbocycles. The molecule has 0 saturated carbocycles. The van der Waals surface area contributed by atoms with Gasteiger partial charge in [0, 0.05) is 13.7 Å². The second-order valence-corrected chi connectivity index (χ2v) is 5.80. The summed E-state index contributed by atoms with van der Waals surface area (Å²) >= 11 is 0. The first kappa shape index (κ1) is 16.8.